The van der Waals surface area contributed by atoms with E-state index in [1.165, 1.54) is 0 Å². The number of rotatable bonds is 6. The molecule has 1 atom stereocenters. The quantitative estimate of drug-likeness (QED) is 0.403. The van der Waals surface area contributed by atoms with Crippen LogP contribution < -0.4 is 21.5 Å². The fraction of sp³-hybridized carbons (Fsp3) is 0.700. The number of aliphatic hydroxyl groups is 1. The molecule has 0 aliphatic rings. The lowest BCUT2D eigenvalue weighted by atomic mass is 10.1. The zero-order valence-electron chi connectivity index (χ0n) is 11.2. The third-order valence-electron chi connectivity index (χ3n) is 2.47. The Bertz CT molecular complexity index is 382. The van der Waals surface area contributed by atoms with Crippen LogP contribution in [-0.2, 0) is 0 Å². The molecule has 18 heavy (non-hydrogen) atoms. The van der Waals surface area contributed by atoms with E-state index in [1.54, 1.807) is 4.90 Å². The van der Waals surface area contributed by atoms with Gasteiger partial charge in [-0.15, -0.1) is 0 Å². The third-order valence-corrected chi connectivity index (χ3v) is 2.47. The maximum atomic E-state index is 9.28. The number of nitrogen functional groups attached to an aromatic ring is 1. The Morgan fingerprint density at radius 1 is 1.22 bits per heavy atom. The smallest absolute Gasteiger partial charge is 0.243 e. The number of hydrazine groups is 1. The van der Waals surface area contributed by atoms with Crippen molar-refractivity contribution in [3.05, 3.63) is 0 Å². The van der Waals surface area contributed by atoms with Gasteiger partial charge in [0.15, 0.2) is 0 Å². The zero-order chi connectivity index (χ0) is 13.7. The van der Waals surface area contributed by atoms with Gasteiger partial charge in [0.1, 0.15) is 0 Å². The number of anilines is 3. The Morgan fingerprint density at radius 3 is 2.28 bits per heavy atom. The standard InChI is InChI=1S/C10H21N7O/c1-6(2)7(5-18)12-8-13-9(16-11)15-10(14-8)17(3)4/h6-7,18H,5,11H2,1-4H3,(H2,12,13,14,15,16)/t7-/m1/s1. The van der Waals surface area contributed by atoms with E-state index in [1.807, 2.05) is 27.9 Å². The van der Waals surface area contributed by atoms with Gasteiger partial charge < -0.3 is 15.3 Å². The molecule has 0 radical (unpaired) electrons. The van der Waals surface area contributed by atoms with Gasteiger partial charge in [0.2, 0.25) is 17.8 Å². The number of nitrogens with two attached hydrogens (primary N) is 1. The van der Waals surface area contributed by atoms with Crippen LogP contribution in [0.15, 0.2) is 0 Å². The van der Waals surface area contributed by atoms with Crippen LogP contribution in [0.4, 0.5) is 17.8 Å². The molecule has 5 N–H and O–H groups in total. The van der Waals surface area contributed by atoms with E-state index in [0.717, 1.165) is 0 Å². The predicted molar refractivity (Wildman–Crippen MR) is 71.3 cm³/mol. The molecule has 0 saturated heterocycles. The summed E-state index contributed by atoms with van der Waals surface area (Å²) in [5.41, 5.74) is 2.39. The summed E-state index contributed by atoms with van der Waals surface area (Å²) >= 11 is 0. The topological polar surface area (TPSA) is 112 Å². The summed E-state index contributed by atoms with van der Waals surface area (Å²) in [6.45, 7) is 4.01. The van der Waals surface area contributed by atoms with Gasteiger partial charge in [-0.2, -0.15) is 15.0 Å². The number of aliphatic hydroxyl groups excluding tert-OH is 1. The molecule has 1 aromatic rings. The lowest BCUT2D eigenvalue weighted by Gasteiger charge is -2.21. The van der Waals surface area contributed by atoms with Gasteiger partial charge in [-0.3, -0.25) is 5.43 Å². The molecule has 0 saturated carbocycles. The monoisotopic (exact) mass is 255 g/mol. The van der Waals surface area contributed by atoms with Gasteiger partial charge >= 0.3 is 0 Å². The second-order valence-corrected chi connectivity index (χ2v) is 4.50. The Hall–Kier alpha value is -1.67. The van der Waals surface area contributed by atoms with Gasteiger partial charge in [0, 0.05) is 14.1 Å². The largest absolute Gasteiger partial charge is 0.394 e. The highest BCUT2D eigenvalue weighted by Crippen LogP contribution is 2.13. The number of aromatic nitrogens is 3. The molecular formula is C10H21N7O. The molecule has 102 valence electrons. The maximum absolute atomic E-state index is 9.28. The minimum Gasteiger partial charge on any atom is -0.394 e. The van der Waals surface area contributed by atoms with Crippen LogP contribution in [0, 0.1) is 5.92 Å². The van der Waals surface area contributed by atoms with E-state index in [0.29, 0.717) is 11.9 Å². The second kappa shape index (κ2) is 6.31. The van der Waals surface area contributed by atoms with Crippen LogP contribution in [0.25, 0.3) is 0 Å². The first-order valence-electron chi connectivity index (χ1n) is 5.75. The summed E-state index contributed by atoms with van der Waals surface area (Å²) < 4.78 is 0. The van der Waals surface area contributed by atoms with E-state index < -0.39 is 0 Å². The van der Waals surface area contributed by atoms with Crippen molar-refractivity contribution >= 4 is 17.8 Å². The zero-order valence-corrected chi connectivity index (χ0v) is 11.2. The van der Waals surface area contributed by atoms with E-state index in [4.69, 9.17) is 5.84 Å². The summed E-state index contributed by atoms with van der Waals surface area (Å²) in [6.07, 6.45) is 0. The van der Waals surface area contributed by atoms with Crippen LogP contribution in [0.1, 0.15) is 13.8 Å². The first-order chi connectivity index (χ1) is 8.47. The average molecular weight is 255 g/mol. The summed E-state index contributed by atoms with van der Waals surface area (Å²) in [5, 5.41) is 12.3. The van der Waals surface area contributed by atoms with E-state index in [2.05, 4.69) is 25.7 Å². The van der Waals surface area contributed by atoms with Gasteiger partial charge in [0.25, 0.3) is 0 Å². The van der Waals surface area contributed by atoms with Crippen LogP contribution in [0.2, 0.25) is 0 Å². The molecule has 0 unspecified atom stereocenters. The lowest BCUT2D eigenvalue weighted by Crippen LogP contribution is -2.31. The highest BCUT2D eigenvalue weighted by Gasteiger charge is 2.15. The molecular weight excluding hydrogens is 234 g/mol. The van der Waals surface area contributed by atoms with Gasteiger partial charge in [0.05, 0.1) is 12.6 Å². The minimum absolute atomic E-state index is 0.00599. The average Bonchev–Trinajstić information content (AvgIpc) is 2.34. The fourth-order valence-electron chi connectivity index (χ4n) is 1.28. The van der Waals surface area contributed by atoms with Crippen molar-refractivity contribution in [1.82, 2.24) is 15.0 Å². The van der Waals surface area contributed by atoms with E-state index in [9.17, 15) is 5.11 Å². The highest BCUT2D eigenvalue weighted by molar-refractivity contribution is 5.42. The van der Waals surface area contributed by atoms with Crippen LogP contribution in [-0.4, -0.2) is 46.8 Å². The Labute approximate surface area is 107 Å². The van der Waals surface area contributed by atoms with E-state index in [-0.39, 0.29) is 24.5 Å². The van der Waals surface area contributed by atoms with Crippen LogP contribution >= 0.6 is 0 Å². The minimum atomic E-state index is -0.118. The van der Waals surface area contributed by atoms with Crippen molar-refractivity contribution in [2.24, 2.45) is 11.8 Å². The first kappa shape index (κ1) is 14.4. The molecule has 8 nitrogen and oxygen atoms in total. The second-order valence-electron chi connectivity index (χ2n) is 4.50. The summed E-state index contributed by atoms with van der Waals surface area (Å²) in [6, 6.07) is -0.118. The van der Waals surface area contributed by atoms with Crippen molar-refractivity contribution in [3.8, 4) is 0 Å². The van der Waals surface area contributed by atoms with Crippen LogP contribution in [0.3, 0.4) is 0 Å². The molecule has 0 amide bonds. The molecule has 0 fully saturated rings. The third kappa shape index (κ3) is 3.67. The van der Waals surface area contributed by atoms with Crippen molar-refractivity contribution < 1.29 is 5.11 Å². The molecule has 8 heteroatoms. The SMILES string of the molecule is CC(C)[C@@H](CO)Nc1nc(NN)nc(N(C)C)n1. The Kier molecular flexibility index (Phi) is 5.05. The summed E-state index contributed by atoms with van der Waals surface area (Å²) in [7, 11) is 3.65. The summed E-state index contributed by atoms with van der Waals surface area (Å²) in [5.74, 6) is 6.71. The fourth-order valence-corrected chi connectivity index (χ4v) is 1.28. The summed E-state index contributed by atoms with van der Waals surface area (Å²) in [4.78, 5) is 14.2. The number of nitrogens with zero attached hydrogens (tertiary/aromatic N) is 4. The molecule has 1 aromatic heterocycles. The van der Waals surface area contributed by atoms with Crippen molar-refractivity contribution in [3.63, 3.8) is 0 Å². The van der Waals surface area contributed by atoms with Crippen molar-refractivity contribution in [2.45, 2.75) is 19.9 Å². The van der Waals surface area contributed by atoms with Crippen molar-refractivity contribution in [2.75, 3.05) is 36.3 Å². The molecule has 0 aromatic carbocycles. The molecule has 0 bridgehead atoms. The van der Waals surface area contributed by atoms with E-state index >= 15 is 0 Å². The molecule has 1 rings (SSSR count). The normalized spacial score (nSPS) is 12.4. The predicted octanol–water partition coefficient (Wildman–Crippen LogP) is -0.348. The first-order valence-corrected chi connectivity index (χ1v) is 5.75. The Balaban J connectivity index is 2.97. The molecule has 0 aliphatic heterocycles. The molecule has 0 aliphatic carbocycles. The van der Waals surface area contributed by atoms with Gasteiger partial charge in [-0.05, 0) is 5.92 Å². The van der Waals surface area contributed by atoms with Crippen LogP contribution in [0.5, 0.6) is 0 Å². The number of hydrogen-bond donors (Lipinski definition) is 4. The number of nitrogens with one attached hydrogen (secondary N) is 2. The van der Waals surface area contributed by atoms with Crippen molar-refractivity contribution in [1.29, 1.82) is 0 Å². The molecule has 1 heterocycles. The lowest BCUT2D eigenvalue weighted by molar-refractivity contribution is 0.248. The number of hydrogen-bond acceptors (Lipinski definition) is 8. The maximum Gasteiger partial charge on any atom is 0.243 e. The van der Waals surface area contributed by atoms with Gasteiger partial charge in [-0.25, -0.2) is 5.84 Å². The highest BCUT2D eigenvalue weighted by atomic mass is 16.3. The Morgan fingerprint density at radius 2 is 1.83 bits per heavy atom. The van der Waals surface area contributed by atoms with Gasteiger partial charge in [-0.1, -0.05) is 13.8 Å². The molecule has 0 spiro atoms.